The van der Waals surface area contributed by atoms with E-state index >= 15 is 0 Å². The molecular weight excluding hydrogens is 228 g/mol. The van der Waals surface area contributed by atoms with Crippen LogP contribution in [0.3, 0.4) is 0 Å². The second-order valence-electron chi connectivity index (χ2n) is 6.22. The van der Waals surface area contributed by atoms with Crippen molar-refractivity contribution in [2.45, 2.75) is 0 Å². The van der Waals surface area contributed by atoms with E-state index < -0.39 is 0 Å². The Balaban J connectivity index is 1.26. The zero-order chi connectivity index (χ0) is 11.9. The summed E-state index contributed by atoms with van der Waals surface area (Å²) in [4.78, 5) is 15.4. The highest BCUT2D eigenvalue weighted by atomic mass is 15.5. The normalized spacial score (nSPS) is 44.7. The van der Waals surface area contributed by atoms with Crippen LogP contribution in [0.5, 0.6) is 0 Å². The van der Waals surface area contributed by atoms with E-state index in [-0.39, 0.29) is 0 Å². The third-order valence-corrected chi connectivity index (χ3v) is 4.60. The molecule has 4 bridgehead atoms. The van der Waals surface area contributed by atoms with E-state index in [1.165, 1.54) is 79.3 Å². The van der Waals surface area contributed by atoms with Crippen molar-refractivity contribution in [3.05, 3.63) is 0 Å². The second-order valence-corrected chi connectivity index (χ2v) is 6.22. The predicted octanol–water partition coefficient (Wildman–Crippen LogP) is -1.40. The van der Waals surface area contributed by atoms with Crippen LogP contribution in [0.15, 0.2) is 0 Å². The molecule has 0 amide bonds. The first kappa shape index (κ1) is 11.6. The molecule has 4 rings (SSSR count). The van der Waals surface area contributed by atoms with Gasteiger partial charge in [0.2, 0.25) is 0 Å². The van der Waals surface area contributed by atoms with E-state index in [1.807, 2.05) is 0 Å². The summed E-state index contributed by atoms with van der Waals surface area (Å²) in [6.07, 6.45) is 0. The molecule has 102 valence electrons. The van der Waals surface area contributed by atoms with Crippen LogP contribution < -0.4 is 0 Å². The smallest absolute Gasteiger partial charge is 0.0531 e. The number of nitrogens with zero attached hydrogens (tertiary/aromatic N) is 6. The monoisotopic (exact) mass is 252 g/mol. The molecule has 0 unspecified atom stereocenters. The van der Waals surface area contributed by atoms with Gasteiger partial charge in [0.25, 0.3) is 0 Å². The van der Waals surface area contributed by atoms with Crippen molar-refractivity contribution < 1.29 is 0 Å². The fourth-order valence-corrected chi connectivity index (χ4v) is 3.66. The van der Waals surface area contributed by atoms with Gasteiger partial charge in [0.05, 0.1) is 40.0 Å². The zero-order valence-corrected chi connectivity index (χ0v) is 11.2. The summed E-state index contributed by atoms with van der Waals surface area (Å²) in [6.45, 7) is 14.6. The number of hydrogen-bond acceptors (Lipinski definition) is 6. The SMILES string of the molecule is C(CN1CN2CCN(C2)C1)N1CN2CCN(C2)C1. The van der Waals surface area contributed by atoms with E-state index in [1.54, 1.807) is 0 Å². The largest absolute Gasteiger partial charge is 0.276 e. The Morgan fingerprint density at radius 1 is 0.444 bits per heavy atom. The fraction of sp³-hybridized carbons (Fsp3) is 1.00. The lowest BCUT2D eigenvalue weighted by Gasteiger charge is -2.38. The summed E-state index contributed by atoms with van der Waals surface area (Å²) >= 11 is 0. The Morgan fingerprint density at radius 3 is 1.11 bits per heavy atom. The van der Waals surface area contributed by atoms with Gasteiger partial charge >= 0.3 is 0 Å². The van der Waals surface area contributed by atoms with Gasteiger partial charge in [-0.3, -0.25) is 29.4 Å². The standard InChI is InChI=1S/C12H24N6/c1-2-14-7-13(1)9-17(10-14)5-6-18-11-15-3-4-16(8-15)12-18/h1-12H2. The molecule has 6 nitrogen and oxygen atoms in total. The predicted molar refractivity (Wildman–Crippen MR) is 69.4 cm³/mol. The van der Waals surface area contributed by atoms with E-state index in [9.17, 15) is 0 Å². The van der Waals surface area contributed by atoms with Gasteiger partial charge in [-0.2, -0.15) is 0 Å². The van der Waals surface area contributed by atoms with Crippen molar-refractivity contribution in [2.24, 2.45) is 0 Å². The fourth-order valence-electron chi connectivity index (χ4n) is 3.66. The van der Waals surface area contributed by atoms with Gasteiger partial charge in [0.15, 0.2) is 0 Å². The van der Waals surface area contributed by atoms with Crippen LogP contribution in [0.2, 0.25) is 0 Å². The maximum atomic E-state index is 2.59. The second kappa shape index (κ2) is 4.70. The van der Waals surface area contributed by atoms with Gasteiger partial charge in [-0.15, -0.1) is 0 Å². The highest BCUT2D eigenvalue weighted by Gasteiger charge is 2.31. The van der Waals surface area contributed by atoms with Gasteiger partial charge < -0.3 is 0 Å². The Bertz CT molecular complexity index is 257. The van der Waals surface area contributed by atoms with Crippen molar-refractivity contribution in [3.63, 3.8) is 0 Å². The minimum Gasteiger partial charge on any atom is -0.276 e. The summed E-state index contributed by atoms with van der Waals surface area (Å²) in [7, 11) is 0. The molecule has 0 saturated carbocycles. The van der Waals surface area contributed by atoms with Crippen LogP contribution in [-0.4, -0.2) is 109 Å². The van der Waals surface area contributed by atoms with Gasteiger partial charge in [0, 0.05) is 39.3 Å². The van der Waals surface area contributed by atoms with Crippen LogP contribution in [0.4, 0.5) is 0 Å². The van der Waals surface area contributed by atoms with Crippen molar-refractivity contribution in [3.8, 4) is 0 Å². The molecule has 0 aromatic rings. The van der Waals surface area contributed by atoms with Gasteiger partial charge in [-0.05, 0) is 0 Å². The van der Waals surface area contributed by atoms with E-state index in [4.69, 9.17) is 0 Å². The van der Waals surface area contributed by atoms with Crippen molar-refractivity contribution in [2.75, 3.05) is 79.3 Å². The lowest BCUT2D eigenvalue weighted by Crippen LogP contribution is -2.53. The lowest BCUT2D eigenvalue weighted by molar-refractivity contribution is -0.0000108. The van der Waals surface area contributed by atoms with Crippen LogP contribution in [0.1, 0.15) is 0 Å². The van der Waals surface area contributed by atoms with E-state index in [0.717, 1.165) is 0 Å². The van der Waals surface area contributed by atoms with Crippen molar-refractivity contribution in [1.82, 2.24) is 29.4 Å². The highest BCUT2D eigenvalue weighted by molar-refractivity contribution is 4.80. The van der Waals surface area contributed by atoms with Gasteiger partial charge in [-0.25, -0.2) is 0 Å². The van der Waals surface area contributed by atoms with Crippen LogP contribution in [-0.2, 0) is 0 Å². The summed E-state index contributed by atoms with van der Waals surface area (Å²) in [5.74, 6) is 0. The molecule has 6 heteroatoms. The molecule has 0 radical (unpaired) electrons. The molecule has 4 aliphatic heterocycles. The number of rotatable bonds is 3. The average Bonchev–Trinajstić information content (AvgIpc) is 2.89. The minimum absolute atomic E-state index is 1.18. The Kier molecular flexibility index (Phi) is 3.02. The molecule has 4 saturated heterocycles. The summed E-state index contributed by atoms with van der Waals surface area (Å²) < 4.78 is 0. The molecule has 0 aliphatic carbocycles. The van der Waals surface area contributed by atoms with Crippen molar-refractivity contribution >= 4 is 0 Å². The van der Waals surface area contributed by atoms with E-state index in [2.05, 4.69) is 29.4 Å². The maximum Gasteiger partial charge on any atom is 0.0531 e. The Morgan fingerprint density at radius 2 is 0.778 bits per heavy atom. The molecule has 4 heterocycles. The zero-order valence-electron chi connectivity index (χ0n) is 11.2. The molecule has 0 atom stereocenters. The number of hydrogen-bond donors (Lipinski definition) is 0. The van der Waals surface area contributed by atoms with E-state index in [0.29, 0.717) is 0 Å². The molecule has 0 spiro atoms. The van der Waals surface area contributed by atoms with Gasteiger partial charge in [0.1, 0.15) is 0 Å². The number of fused-ring (bicyclic) bond motifs is 4. The third-order valence-electron chi connectivity index (χ3n) is 4.60. The molecule has 18 heavy (non-hydrogen) atoms. The highest BCUT2D eigenvalue weighted by Crippen LogP contribution is 2.15. The first-order valence-electron chi connectivity index (χ1n) is 7.19. The first-order valence-corrected chi connectivity index (χ1v) is 7.19. The Hall–Kier alpha value is -0.240. The molecule has 4 fully saturated rings. The first-order chi connectivity index (χ1) is 8.85. The molecule has 4 aliphatic rings. The summed E-state index contributed by atoms with van der Waals surface area (Å²) in [5, 5.41) is 0. The van der Waals surface area contributed by atoms with Crippen LogP contribution >= 0.6 is 0 Å². The third kappa shape index (κ3) is 2.29. The Labute approximate surface area is 109 Å². The van der Waals surface area contributed by atoms with Crippen LogP contribution in [0.25, 0.3) is 0 Å². The molecule has 0 aromatic carbocycles. The minimum atomic E-state index is 1.18. The molecular formula is C12H24N6. The average molecular weight is 252 g/mol. The molecule has 0 N–H and O–H groups in total. The topological polar surface area (TPSA) is 19.4 Å². The summed E-state index contributed by atoms with van der Waals surface area (Å²) in [6, 6.07) is 0. The van der Waals surface area contributed by atoms with Crippen LogP contribution in [0, 0.1) is 0 Å². The maximum absolute atomic E-state index is 2.59. The quantitative estimate of drug-likeness (QED) is 0.611. The van der Waals surface area contributed by atoms with Crippen molar-refractivity contribution in [1.29, 1.82) is 0 Å². The lowest BCUT2D eigenvalue weighted by atomic mass is 10.4. The van der Waals surface area contributed by atoms with Gasteiger partial charge in [-0.1, -0.05) is 0 Å². The molecule has 0 aromatic heterocycles. The summed E-state index contributed by atoms with van der Waals surface area (Å²) in [5.41, 5.74) is 0.